The van der Waals surface area contributed by atoms with Crippen LogP contribution in [0.15, 0.2) is 18.3 Å². The Kier molecular flexibility index (Phi) is 5.94. The lowest BCUT2D eigenvalue weighted by Crippen LogP contribution is -2.22. The zero-order chi connectivity index (χ0) is 12.7. The molecule has 0 aliphatic heterocycles. The second kappa shape index (κ2) is 7.25. The highest BCUT2D eigenvalue weighted by Gasteiger charge is 2.00. The molecule has 2 N–H and O–H groups in total. The fraction of sp³-hybridized carbons (Fsp3) is 0.615. The lowest BCUT2D eigenvalue weighted by molar-refractivity contribution is 0.155. The van der Waals surface area contributed by atoms with E-state index in [0.29, 0.717) is 19.1 Å². The number of hydrogen-bond acceptors (Lipinski definition) is 4. The summed E-state index contributed by atoms with van der Waals surface area (Å²) in [7, 11) is 0. The molecule has 0 bridgehead atoms. The van der Waals surface area contributed by atoms with Gasteiger partial charge in [-0.15, -0.1) is 0 Å². The minimum absolute atomic E-state index is 0.322. The predicted molar refractivity (Wildman–Crippen MR) is 68.0 cm³/mol. The molecule has 1 heterocycles. The van der Waals surface area contributed by atoms with Crippen molar-refractivity contribution in [1.82, 2.24) is 10.3 Å². The van der Waals surface area contributed by atoms with Crippen LogP contribution in [0, 0.1) is 0 Å². The van der Waals surface area contributed by atoms with Gasteiger partial charge in [-0.2, -0.15) is 0 Å². The van der Waals surface area contributed by atoms with Crippen molar-refractivity contribution in [3.63, 3.8) is 0 Å². The number of aliphatic hydroxyl groups excluding tert-OH is 1. The Labute approximate surface area is 103 Å². The molecule has 1 unspecified atom stereocenters. The third-order valence-corrected chi connectivity index (χ3v) is 2.29. The van der Waals surface area contributed by atoms with Crippen molar-refractivity contribution in [2.45, 2.75) is 45.9 Å². The maximum Gasteiger partial charge on any atom is 0.137 e. The van der Waals surface area contributed by atoms with E-state index in [4.69, 9.17) is 9.84 Å². The number of aromatic nitrogens is 1. The summed E-state index contributed by atoms with van der Waals surface area (Å²) < 4.78 is 5.45. The average molecular weight is 238 g/mol. The minimum Gasteiger partial charge on any atom is -0.492 e. The molecule has 4 heteroatoms. The lowest BCUT2D eigenvalue weighted by Gasteiger charge is -2.09. The van der Waals surface area contributed by atoms with E-state index >= 15 is 0 Å². The fourth-order valence-corrected chi connectivity index (χ4v) is 1.26. The zero-order valence-electron chi connectivity index (χ0n) is 10.8. The molecular formula is C13H22N2O2. The normalized spacial score (nSPS) is 12.8. The van der Waals surface area contributed by atoms with Crippen molar-refractivity contribution in [2.75, 3.05) is 6.61 Å². The van der Waals surface area contributed by atoms with Crippen molar-refractivity contribution in [1.29, 1.82) is 0 Å². The molecule has 0 aliphatic carbocycles. The van der Waals surface area contributed by atoms with Crippen LogP contribution in [0.2, 0.25) is 0 Å². The van der Waals surface area contributed by atoms with Gasteiger partial charge in [-0.3, -0.25) is 4.98 Å². The molecule has 1 rings (SSSR count). The molecule has 0 aromatic carbocycles. The van der Waals surface area contributed by atoms with Crippen LogP contribution in [0.1, 0.15) is 32.9 Å². The van der Waals surface area contributed by atoms with E-state index in [-0.39, 0.29) is 6.10 Å². The van der Waals surface area contributed by atoms with Gasteiger partial charge in [0.2, 0.25) is 0 Å². The molecule has 0 amide bonds. The Morgan fingerprint density at radius 3 is 2.65 bits per heavy atom. The van der Waals surface area contributed by atoms with E-state index in [1.165, 1.54) is 0 Å². The van der Waals surface area contributed by atoms with Gasteiger partial charge >= 0.3 is 0 Å². The first-order valence-corrected chi connectivity index (χ1v) is 6.07. The molecule has 0 fully saturated rings. The van der Waals surface area contributed by atoms with E-state index in [0.717, 1.165) is 18.0 Å². The van der Waals surface area contributed by atoms with E-state index in [9.17, 15) is 0 Å². The third kappa shape index (κ3) is 6.24. The van der Waals surface area contributed by atoms with Crippen LogP contribution in [0.25, 0.3) is 0 Å². The largest absolute Gasteiger partial charge is 0.492 e. The van der Waals surface area contributed by atoms with Gasteiger partial charge in [0.15, 0.2) is 0 Å². The molecule has 0 aliphatic rings. The van der Waals surface area contributed by atoms with Crippen LogP contribution in [-0.4, -0.2) is 28.8 Å². The van der Waals surface area contributed by atoms with Gasteiger partial charge in [-0.25, -0.2) is 0 Å². The summed E-state index contributed by atoms with van der Waals surface area (Å²) in [6.07, 6.45) is 2.04. The molecule has 1 atom stereocenters. The second-order valence-electron chi connectivity index (χ2n) is 4.51. The Morgan fingerprint density at radius 1 is 1.35 bits per heavy atom. The first-order chi connectivity index (χ1) is 8.08. The van der Waals surface area contributed by atoms with Crippen molar-refractivity contribution in [3.05, 3.63) is 24.0 Å². The standard InChI is InChI=1S/C13H22N2O2/c1-10(2)14-8-12-4-5-13(9-15-12)17-7-6-11(3)16/h4-5,9-11,14,16H,6-8H2,1-3H3. The number of nitrogens with one attached hydrogen (secondary N) is 1. The average Bonchev–Trinajstić information content (AvgIpc) is 2.27. The van der Waals surface area contributed by atoms with Gasteiger partial charge in [-0.05, 0) is 19.1 Å². The summed E-state index contributed by atoms with van der Waals surface area (Å²) in [5, 5.41) is 12.4. The van der Waals surface area contributed by atoms with Crippen LogP contribution in [0.3, 0.4) is 0 Å². The Hall–Kier alpha value is -1.13. The van der Waals surface area contributed by atoms with Crippen molar-refractivity contribution in [2.24, 2.45) is 0 Å². The van der Waals surface area contributed by atoms with Crippen LogP contribution >= 0.6 is 0 Å². The Bertz CT molecular complexity index is 310. The number of aliphatic hydroxyl groups is 1. The van der Waals surface area contributed by atoms with E-state index in [1.807, 2.05) is 12.1 Å². The predicted octanol–water partition coefficient (Wildman–Crippen LogP) is 1.73. The highest BCUT2D eigenvalue weighted by molar-refractivity contribution is 5.19. The Morgan fingerprint density at radius 2 is 2.12 bits per heavy atom. The first kappa shape index (κ1) is 13.9. The molecule has 96 valence electrons. The van der Waals surface area contributed by atoms with Crippen LogP contribution < -0.4 is 10.1 Å². The maximum absolute atomic E-state index is 9.09. The molecule has 17 heavy (non-hydrogen) atoms. The maximum atomic E-state index is 9.09. The third-order valence-electron chi connectivity index (χ3n) is 2.29. The van der Waals surface area contributed by atoms with Gasteiger partial charge in [0.05, 0.1) is 24.6 Å². The lowest BCUT2D eigenvalue weighted by atomic mass is 10.3. The highest BCUT2D eigenvalue weighted by atomic mass is 16.5. The number of pyridine rings is 1. The zero-order valence-corrected chi connectivity index (χ0v) is 10.8. The molecule has 0 spiro atoms. The first-order valence-electron chi connectivity index (χ1n) is 6.07. The van der Waals surface area contributed by atoms with E-state index < -0.39 is 0 Å². The smallest absolute Gasteiger partial charge is 0.137 e. The van der Waals surface area contributed by atoms with Crippen LogP contribution in [0.4, 0.5) is 0 Å². The Balaban J connectivity index is 2.34. The number of nitrogens with zero attached hydrogens (tertiary/aromatic N) is 1. The van der Waals surface area contributed by atoms with Gasteiger partial charge < -0.3 is 15.2 Å². The monoisotopic (exact) mass is 238 g/mol. The molecule has 1 aromatic heterocycles. The van der Waals surface area contributed by atoms with Crippen molar-refractivity contribution >= 4 is 0 Å². The fourth-order valence-electron chi connectivity index (χ4n) is 1.26. The number of ether oxygens (including phenoxy) is 1. The summed E-state index contributed by atoms with van der Waals surface area (Å²) in [5.41, 5.74) is 1.00. The molecule has 4 nitrogen and oxygen atoms in total. The van der Waals surface area contributed by atoms with E-state index in [1.54, 1.807) is 13.1 Å². The minimum atomic E-state index is -0.322. The van der Waals surface area contributed by atoms with Crippen molar-refractivity contribution < 1.29 is 9.84 Å². The summed E-state index contributed by atoms with van der Waals surface area (Å²) in [4.78, 5) is 4.30. The van der Waals surface area contributed by atoms with Gasteiger partial charge in [0.25, 0.3) is 0 Å². The number of hydrogen-bond donors (Lipinski definition) is 2. The quantitative estimate of drug-likeness (QED) is 0.759. The summed E-state index contributed by atoms with van der Waals surface area (Å²) in [6, 6.07) is 4.32. The molecule has 0 radical (unpaired) electrons. The molecule has 0 saturated carbocycles. The highest BCUT2D eigenvalue weighted by Crippen LogP contribution is 2.09. The topological polar surface area (TPSA) is 54.4 Å². The summed E-state index contributed by atoms with van der Waals surface area (Å²) in [5.74, 6) is 0.749. The molecule has 1 aromatic rings. The summed E-state index contributed by atoms with van der Waals surface area (Å²) >= 11 is 0. The van der Waals surface area contributed by atoms with Crippen LogP contribution in [0.5, 0.6) is 5.75 Å². The van der Waals surface area contributed by atoms with Gasteiger partial charge in [0.1, 0.15) is 5.75 Å². The number of rotatable bonds is 7. The molecular weight excluding hydrogens is 216 g/mol. The van der Waals surface area contributed by atoms with Gasteiger partial charge in [0, 0.05) is 19.0 Å². The summed E-state index contributed by atoms with van der Waals surface area (Å²) in [6.45, 7) is 7.25. The van der Waals surface area contributed by atoms with Crippen molar-refractivity contribution in [3.8, 4) is 5.75 Å². The molecule has 0 saturated heterocycles. The SMILES string of the molecule is CC(O)CCOc1ccc(CNC(C)C)nc1. The van der Waals surface area contributed by atoms with E-state index in [2.05, 4.69) is 24.1 Å². The second-order valence-corrected chi connectivity index (χ2v) is 4.51. The van der Waals surface area contributed by atoms with Gasteiger partial charge in [-0.1, -0.05) is 13.8 Å². The van der Waals surface area contributed by atoms with Crippen LogP contribution in [-0.2, 0) is 6.54 Å².